The summed E-state index contributed by atoms with van der Waals surface area (Å²) in [6, 6.07) is 13.9. The van der Waals surface area contributed by atoms with E-state index in [0.29, 0.717) is 16.8 Å². The topological polar surface area (TPSA) is 54.5 Å². The van der Waals surface area contributed by atoms with Crippen LogP contribution < -0.4 is 0 Å². The van der Waals surface area contributed by atoms with E-state index < -0.39 is 0 Å². The van der Waals surface area contributed by atoms with E-state index in [1.165, 1.54) is 35.0 Å². The summed E-state index contributed by atoms with van der Waals surface area (Å²) < 4.78 is 28.3. The third-order valence-electron chi connectivity index (χ3n) is 3.24. The predicted molar refractivity (Wildman–Crippen MR) is 75.6 cm³/mol. The molecule has 0 aliphatic rings. The Morgan fingerprint density at radius 3 is 2.45 bits per heavy atom. The van der Waals surface area contributed by atoms with Gasteiger partial charge in [0.05, 0.1) is 6.54 Å². The van der Waals surface area contributed by atoms with Crippen molar-refractivity contribution in [3.05, 3.63) is 71.4 Å². The molecule has 22 heavy (non-hydrogen) atoms. The first-order valence-electron chi connectivity index (χ1n) is 6.52. The zero-order valence-electron chi connectivity index (χ0n) is 11.4. The summed E-state index contributed by atoms with van der Waals surface area (Å²) in [5.41, 5.74) is 1.58. The molecular formula is C16H10F2N4. The number of benzene rings is 2. The number of nitrogens with zero attached hydrogens (tertiary/aromatic N) is 4. The molecule has 0 unspecified atom stereocenters. The Morgan fingerprint density at radius 1 is 1.05 bits per heavy atom. The molecule has 0 atom stereocenters. The highest BCUT2D eigenvalue weighted by Crippen LogP contribution is 2.23. The Labute approximate surface area is 125 Å². The lowest BCUT2D eigenvalue weighted by Crippen LogP contribution is -2.06. The fourth-order valence-corrected chi connectivity index (χ4v) is 2.18. The van der Waals surface area contributed by atoms with E-state index in [4.69, 9.17) is 5.26 Å². The van der Waals surface area contributed by atoms with E-state index in [9.17, 15) is 8.78 Å². The summed E-state index contributed by atoms with van der Waals surface area (Å²) in [7, 11) is 0. The van der Waals surface area contributed by atoms with Gasteiger partial charge >= 0.3 is 0 Å². The second-order valence-corrected chi connectivity index (χ2v) is 4.65. The van der Waals surface area contributed by atoms with E-state index in [1.807, 2.05) is 6.07 Å². The first-order chi connectivity index (χ1) is 10.7. The van der Waals surface area contributed by atoms with E-state index in [-0.39, 0.29) is 23.9 Å². The molecule has 0 fully saturated rings. The molecule has 6 heteroatoms. The minimum Gasteiger partial charge on any atom is -0.239 e. The van der Waals surface area contributed by atoms with Crippen molar-refractivity contribution in [2.75, 3.05) is 0 Å². The molecule has 0 radical (unpaired) electrons. The van der Waals surface area contributed by atoms with Gasteiger partial charge in [-0.3, -0.25) is 0 Å². The maximum absolute atomic E-state index is 13.8. The van der Waals surface area contributed by atoms with Crippen molar-refractivity contribution in [3.63, 3.8) is 0 Å². The molecule has 1 heterocycles. The van der Waals surface area contributed by atoms with Gasteiger partial charge in [-0.1, -0.05) is 23.4 Å². The standard InChI is InChI=1S/C16H10F2N4/c17-13-7-5-11(6-8-13)16-15(9-19)20-21-22(16)10-12-3-1-2-4-14(12)18/h1-8H,10H2. The Balaban J connectivity index is 2.06. The minimum absolute atomic E-state index is 0.114. The molecule has 4 nitrogen and oxygen atoms in total. The average Bonchev–Trinajstić information content (AvgIpc) is 2.93. The van der Waals surface area contributed by atoms with Gasteiger partial charge in [-0.05, 0) is 30.3 Å². The molecule has 0 aliphatic carbocycles. The molecule has 0 saturated carbocycles. The number of hydrogen-bond acceptors (Lipinski definition) is 3. The van der Waals surface area contributed by atoms with Crippen molar-refractivity contribution >= 4 is 0 Å². The predicted octanol–water partition coefficient (Wildman–Crippen LogP) is 3.14. The fraction of sp³-hybridized carbons (Fsp3) is 0.0625. The summed E-state index contributed by atoms with van der Waals surface area (Å²) in [5.74, 6) is -0.739. The summed E-state index contributed by atoms with van der Waals surface area (Å²) >= 11 is 0. The van der Waals surface area contributed by atoms with Crippen molar-refractivity contribution in [2.45, 2.75) is 6.54 Å². The van der Waals surface area contributed by atoms with E-state index >= 15 is 0 Å². The van der Waals surface area contributed by atoms with Gasteiger partial charge in [0.1, 0.15) is 23.4 Å². The quantitative estimate of drug-likeness (QED) is 0.746. The zero-order chi connectivity index (χ0) is 15.5. The van der Waals surface area contributed by atoms with Gasteiger partial charge in [0.25, 0.3) is 0 Å². The molecule has 0 saturated heterocycles. The van der Waals surface area contributed by atoms with Crippen LogP contribution in [-0.2, 0) is 6.54 Å². The fourth-order valence-electron chi connectivity index (χ4n) is 2.18. The van der Waals surface area contributed by atoms with Crippen molar-refractivity contribution < 1.29 is 8.78 Å². The van der Waals surface area contributed by atoms with Crippen LogP contribution in [0.5, 0.6) is 0 Å². The van der Waals surface area contributed by atoms with Crippen molar-refractivity contribution in [1.29, 1.82) is 5.26 Å². The van der Waals surface area contributed by atoms with Crippen molar-refractivity contribution in [3.8, 4) is 17.3 Å². The number of halogens is 2. The van der Waals surface area contributed by atoms with Gasteiger partial charge in [-0.2, -0.15) is 5.26 Å². The van der Waals surface area contributed by atoms with Gasteiger partial charge in [-0.25, -0.2) is 13.5 Å². The number of aromatic nitrogens is 3. The van der Waals surface area contributed by atoms with Crippen LogP contribution in [0.25, 0.3) is 11.3 Å². The third kappa shape index (κ3) is 2.56. The zero-order valence-corrected chi connectivity index (χ0v) is 11.4. The highest BCUT2D eigenvalue weighted by Gasteiger charge is 2.16. The maximum atomic E-state index is 13.8. The minimum atomic E-state index is -0.379. The van der Waals surface area contributed by atoms with Gasteiger partial charge in [0.15, 0.2) is 5.69 Å². The van der Waals surface area contributed by atoms with Crippen LogP contribution in [0.1, 0.15) is 11.3 Å². The van der Waals surface area contributed by atoms with Gasteiger partial charge in [0, 0.05) is 11.1 Å². The Hall–Kier alpha value is -3.07. The number of rotatable bonds is 3. The van der Waals surface area contributed by atoms with Crippen LogP contribution in [0.3, 0.4) is 0 Å². The van der Waals surface area contributed by atoms with E-state index in [0.717, 1.165) is 0 Å². The highest BCUT2D eigenvalue weighted by molar-refractivity contribution is 5.64. The molecule has 0 amide bonds. The molecule has 3 aromatic rings. The van der Waals surface area contributed by atoms with E-state index in [2.05, 4.69) is 10.3 Å². The molecule has 0 spiro atoms. The molecular weight excluding hydrogens is 286 g/mol. The van der Waals surface area contributed by atoms with E-state index in [1.54, 1.807) is 18.2 Å². The largest absolute Gasteiger partial charge is 0.239 e. The van der Waals surface area contributed by atoms with Crippen molar-refractivity contribution in [2.24, 2.45) is 0 Å². The summed E-state index contributed by atoms with van der Waals surface area (Å²) in [6.45, 7) is 0.133. The SMILES string of the molecule is N#Cc1nnn(Cc2ccccc2F)c1-c1ccc(F)cc1. The van der Waals surface area contributed by atoms with Crippen LogP contribution in [0.15, 0.2) is 48.5 Å². The maximum Gasteiger partial charge on any atom is 0.190 e. The lowest BCUT2D eigenvalue weighted by molar-refractivity contribution is 0.579. The summed E-state index contributed by atoms with van der Waals surface area (Å²) in [4.78, 5) is 0. The lowest BCUT2D eigenvalue weighted by atomic mass is 10.1. The molecule has 0 N–H and O–H groups in total. The second-order valence-electron chi connectivity index (χ2n) is 4.65. The van der Waals surface area contributed by atoms with Crippen molar-refractivity contribution in [1.82, 2.24) is 15.0 Å². The first-order valence-corrected chi connectivity index (χ1v) is 6.52. The molecule has 108 valence electrons. The summed E-state index contributed by atoms with van der Waals surface area (Å²) in [6.07, 6.45) is 0. The number of hydrogen-bond donors (Lipinski definition) is 0. The average molecular weight is 296 g/mol. The smallest absolute Gasteiger partial charge is 0.190 e. The molecule has 3 rings (SSSR count). The monoisotopic (exact) mass is 296 g/mol. The summed E-state index contributed by atoms with van der Waals surface area (Å²) in [5, 5.41) is 16.9. The van der Waals surface area contributed by atoms with Crippen LogP contribution in [0.4, 0.5) is 8.78 Å². The number of nitriles is 1. The molecule has 0 aliphatic heterocycles. The first kappa shape index (κ1) is 13.9. The lowest BCUT2D eigenvalue weighted by Gasteiger charge is -2.07. The third-order valence-corrected chi connectivity index (χ3v) is 3.24. The van der Waals surface area contributed by atoms with Gasteiger partial charge in [0.2, 0.25) is 0 Å². The van der Waals surface area contributed by atoms with Crippen LogP contribution in [-0.4, -0.2) is 15.0 Å². The Bertz CT molecular complexity index is 847. The molecule has 2 aromatic carbocycles. The van der Waals surface area contributed by atoms with Gasteiger partial charge < -0.3 is 0 Å². The van der Waals surface area contributed by atoms with Crippen LogP contribution >= 0.6 is 0 Å². The molecule has 0 bridgehead atoms. The van der Waals surface area contributed by atoms with Gasteiger partial charge in [-0.15, -0.1) is 5.10 Å². The van der Waals surface area contributed by atoms with Crippen LogP contribution in [0.2, 0.25) is 0 Å². The highest BCUT2D eigenvalue weighted by atomic mass is 19.1. The normalized spacial score (nSPS) is 10.4. The second kappa shape index (κ2) is 5.74. The molecule has 1 aromatic heterocycles. The Morgan fingerprint density at radius 2 is 1.77 bits per heavy atom. The Kier molecular flexibility index (Phi) is 3.62. The van der Waals surface area contributed by atoms with Crippen LogP contribution in [0, 0.1) is 23.0 Å².